The van der Waals surface area contributed by atoms with Crippen LogP contribution in [0.3, 0.4) is 0 Å². The molecule has 0 aliphatic carbocycles. The third-order valence-corrected chi connectivity index (χ3v) is 4.97. The molecule has 5 heteroatoms. The first-order valence-corrected chi connectivity index (χ1v) is 8.38. The predicted octanol–water partition coefficient (Wildman–Crippen LogP) is 2.58. The Kier molecular flexibility index (Phi) is 4.64. The molecule has 4 nitrogen and oxygen atoms in total. The number of rotatable bonds is 3. The molecule has 2 atom stereocenters. The van der Waals surface area contributed by atoms with E-state index in [0.29, 0.717) is 12.1 Å². The minimum absolute atomic E-state index is 0.0590. The van der Waals surface area contributed by atoms with Gasteiger partial charge in [0, 0.05) is 37.7 Å². The normalized spacial score (nSPS) is 25.0. The van der Waals surface area contributed by atoms with Gasteiger partial charge in [-0.1, -0.05) is 18.2 Å². The Hall–Kier alpha value is -1.91. The molecule has 124 valence electrons. The van der Waals surface area contributed by atoms with Gasteiger partial charge in [0.25, 0.3) is 0 Å². The van der Waals surface area contributed by atoms with E-state index in [1.807, 2.05) is 4.90 Å². The van der Waals surface area contributed by atoms with Gasteiger partial charge in [-0.2, -0.15) is 0 Å². The maximum absolute atomic E-state index is 13.8. The number of carbonyl (C=O) groups is 2. The van der Waals surface area contributed by atoms with Gasteiger partial charge in [-0.25, -0.2) is 4.39 Å². The molecule has 2 aliphatic heterocycles. The molecule has 1 aromatic carbocycles. The number of nitrogens with zero attached hydrogens (tertiary/aromatic N) is 2. The molecule has 2 aliphatic rings. The van der Waals surface area contributed by atoms with Crippen molar-refractivity contribution in [3.8, 4) is 0 Å². The van der Waals surface area contributed by atoms with Crippen molar-refractivity contribution in [2.24, 2.45) is 5.92 Å². The van der Waals surface area contributed by atoms with Crippen LogP contribution in [0.2, 0.25) is 0 Å². The molecule has 0 unspecified atom stereocenters. The number of hydrogen-bond acceptors (Lipinski definition) is 2. The van der Waals surface area contributed by atoms with Crippen molar-refractivity contribution in [3.63, 3.8) is 0 Å². The first kappa shape index (κ1) is 16.0. The van der Waals surface area contributed by atoms with E-state index >= 15 is 0 Å². The molecule has 0 radical (unpaired) electrons. The van der Waals surface area contributed by atoms with Gasteiger partial charge in [0.1, 0.15) is 5.82 Å². The van der Waals surface area contributed by atoms with Gasteiger partial charge in [-0.05, 0) is 32.3 Å². The van der Waals surface area contributed by atoms with Crippen molar-refractivity contribution < 1.29 is 14.0 Å². The third kappa shape index (κ3) is 3.38. The van der Waals surface area contributed by atoms with Crippen LogP contribution in [0, 0.1) is 11.7 Å². The largest absolute Gasteiger partial charge is 0.340 e. The van der Waals surface area contributed by atoms with E-state index < -0.39 is 0 Å². The monoisotopic (exact) mass is 318 g/mol. The Labute approximate surface area is 136 Å². The van der Waals surface area contributed by atoms with Crippen molar-refractivity contribution in [2.45, 2.75) is 45.2 Å². The number of amides is 2. The van der Waals surface area contributed by atoms with Crippen molar-refractivity contribution in [2.75, 3.05) is 13.1 Å². The second-order valence-electron chi connectivity index (χ2n) is 6.64. The molecule has 0 N–H and O–H groups in total. The minimum atomic E-state index is -0.306. The molecule has 23 heavy (non-hydrogen) atoms. The Balaban J connectivity index is 1.65. The van der Waals surface area contributed by atoms with Gasteiger partial charge >= 0.3 is 0 Å². The lowest BCUT2D eigenvalue weighted by Crippen LogP contribution is -2.45. The zero-order chi connectivity index (χ0) is 16.4. The van der Waals surface area contributed by atoms with Crippen LogP contribution in [0.1, 0.15) is 38.2 Å². The predicted molar refractivity (Wildman–Crippen MR) is 85.0 cm³/mol. The lowest BCUT2D eigenvalue weighted by molar-refractivity contribution is -0.139. The molecule has 2 fully saturated rings. The highest BCUT2D eigenvalue weighted by Gasteiger charge is 2.38. The summed E-state index contributed by atoms with van der Waals surface area (Å²) in [7, 11) is 0. The number of piperidine rings is 1. The number of benzene rings is 1. The minimum Gasteiger partial charge on any atom is -0.340 e. The third-order valence-electron chi connectivity index (χ3n) is 4.97. The standard InChI is InChI=1S/C18H23FN2O2/c1-13-6-4-5-9-21(13)18(23)15-10-17(22)20(12-15)11-14-7-2-3-8-16(14)19/h2-3,7-8,13,15H,4-6,9-12H2,1H3/t13-,15+/m0/s1. The Morgan fingerprint density at radius 2 is 2.09 bits per heavy atom. The first-order valence-electron chi connectivity index (χ1n) is 8.38. The summed E-state index contributed by atoms with van der Waals surface area (Å²) in [5.74, 6) is -0.563. The molecule has 0 spiro atoms. The zero-order valence-corrected chi connectivity index (χ0v) is 13.5. The average molecular weight is 318 g/mol. The van der Waals surface area contributed by atoms with Gasteiger partial charge in [-0.3, -0.25) is 9.59 Å². The molecular formula is C18H23FN2O2. The summed E-state index contributed by atoms with van der Waals surface area (Å²) in [5, 5.41) is 0. The number of carbonyl (C=O) groups excluding carboxylic acids is 2. The van der Waals surface area contributed by atoms with E-state index in [4.69, 9.17) is 0 Å². The fourth-order valence-electron chi connectivity index (χ4n) is 3.58. The van der Waals surface area contributed by atoms with Crippen LogP contribution in [0.5, 0.6) is 0 Å². The number of likely N-dealkylation sites (tertiary alicyclic amines) is 2. The lowest BCUT2D eigenvalue weighted by atomic mass is 9.99. The number of hydrogen-bond donors (Lipinski definition) is 0. The van der Waals surface area contributed by atoms with Crippen LogP contribution in [0.15, 0.2) is 24.3 Å². The van der Waals surface area contributed by atoms with Crippen LogP contribution in [-0.4, -0.2) is 40.7 Å². The van der Waals surface area contributed by atoms with Crippen molar-refractivity contribution >= 4 is 11.8 Å². The summed E-state index contributed by atoms with van der Waals surface area (Å²) in [4.78, 5) is 28.4. The Morgan fingerprint density at radius 1 is 1.30 bits per heavy atom. The second-order valence-corrected chi connectivity index (χ2v) is 6.64. The van der Waals surface area contributed by atoms with Gasteiger partial charge in [0.05, 0.1) is 5.92 Å². The van der Waals surface area contributed by atoms with Gasteiger partial charge in [0.15, 0.2) is 0 Å². The Morgan fingerprint density at radius 3 is 2.83 bits per heavy atom. The zero-order valence-electron chi connectivity index (χ0n) is 13.5. The van der Waals surface area contributed by atoms with Crippen molar-refractivity contribution in [1.82, 2.24) is 9.80 Å². The molecule has 2 saturated heterocycles. The van der Waals surface area contributed by atoms with Crippen LogP contribution in [-0.2, 0) is 16.1 Å². The maximum Gasteiger partial charge on any atom is 0.228 e. The van der Waals surface area contributed by atoms with E-state index in [1.165, 1.54) is 6.07 Å². The lowest BCUT2D eigenvalue weighted by Gasteiger charge is -2.35. The topological polar surface area (TPSA) is 40.6 Å². The Bertz CT molecular complexity index is 604. The van der Waals surface area contributed by atoms with Gasteiger partial charge < -0.3 is 9.80 Å². The smallest absolute Gasteiger partial charge is 0.228 e. The second kappa shape index (κ2) is 6.69. The van der Waals surface area contributed by atoms with E-state index in [2.05, 4.69) is 6.92 Å². The average Bonchev–Trinajstić information content (AvgIpc) is 2.90. The van der Waals surface area contributed by atoms with Crippen molar-refractivity contribution in [1.29, 1.82) is 0 Å². The highest BCUT2D eigenvalue weighted by Crippen LogP contribution is 2.26. The highest BCUT2D eigenvalue weighted by atomic mass is 19.1. The highest BCUT2D eigenvalue weighted by molar-refractivity contribution is 5.89. The van der Waals surface area contributed by atoms with E-state index in [1.54, 1.807) is 23.1 Å². The van der Waals surface area contributed by atoms with Crippen molar-refractivity contribution in [3.05, 3.63) is 35.6 Å². The fourth-order valence-corrected chi connectivity index (χ4v) is 3.58. The first-order chi connectivity index (χ1) is 11.1. The molecule has 0 aromatic heterocycles. The fraction of sp³-hybridized carbons (Fsp3) is 0.556. The van der Waals surface area contributed by atoms with Crippen LogP contribution in [0.25, 0.3) is 0 Å². The van der Waals surface area contributed by atoms with Gasteiger partial charge in [0.2, 0.25) is 11.8 Å². The molecule has 2 heterocycles. The van der Waals surface area contributed by atoms with Crippen LogP contribution >= 0.6 is 0 Å². The molecular weight excluding hydrogens is 295 g/mol. The summed E-state index contributed by atoms with van der Waals surface area (Å²) >= 11 is 0. The van der Waals surface area contributed by atoms with Gasteiger partial charge in [-0.15, -0.1) is 0 Å². The quantitative estimate of drug-likeness (QED) is 0.859. The van der Waals surface area contributed by atoms with Crippen LogP contribution < -0.4 is 0 Å². The molecule has 3 rings (SSSR count). The maximum atomic E-state index is 13.8. The summed E-state index contributed by atoms with van der Waals surface area (Å²) in [6.45, 7) is 3.50. The van der Waals surface area contributed by atoms with E-state index in [-0.39, 0.29) is 42.6 Å². The molecule has 0 saturated carbocycles. The summed E-state index contributed by atoms with van der Waals surface area (Å²) in [6.07, 6.45) is 3.48. The molecule has 2 amide bonds. The number of halogens is 1. The van der Waals surface area contributed by atoms with E-state index in [9.17, 15) is 14.0 Å². The van der Waals surface area contributed by atoms with Crippen LogP contribution in [0.4, 0.5) is 4.39 Å². The summed E-state index contributed by atoms with van der Waals surface area (Å²) in [6, 6.07) is 6.73. The SMILES string of the molecule is C[C@H]1CCCCN1C(=O)[C@@H]1CC(=O)N(Cc2ccccc2F)C1. The molecule has 0 bridgehead atoms. The van der Waals surface area contributed by atoms with E-state index in [0.717, 1.165) is 25.8 Å². The summed E-state index contributed by atoms with van der Waals surface area (Å²) < 4.78 is 13.8. The summed E-state index contributed by atoms with van der Waals surface area (Å²) in [5.41, 5.74) is 0.500. The molecule has 1 aromatic rings.